The lowest BCUT2D eigenvalue weighted by molar-refractivity contribution is -0.670. The Morgan fingerprint density at radius 1 is 1.18 bits per heavy atom. The van der Waals surface area contributed by atoms with Crippen molar-refractivity contribution in [3.05, 3.63) is 66.0 Å². The Labute approximate surface area is 238 Å². The molecule has 2 fully saturated rings. The number of fused-ring (bicyclic) bond motifs is 1. The molecule has 1 aliphatic carbocycles. The van der Waals surface area contributed by atoms with E-state index < -0.39 is 0 Å². The molecule has 5 heteroatoms. The molecule has 2 aromatic rings. The topological polar surface area (TPSA) is 45.5 Å². The first-order valence-corrected chi connectivity index (χ1v) is 15.1. The number of aldehydes is 1. The summed E-state index contributed by atoms with van der Waals surface area (Å²) in [5, 5.41) is 3.05. The van der Waals surface area contributed by atoms with Crippen LogP contribution in [-0.2, 0) is 18.3 Å². The molecular formula is C34H54N3O2+. The number of hydrogen-bond donors (Lipinski definition) is 1. The van der Waals surface area contributed by atoms with Gasteiger partial charge in [0.25, 0.3) is 0 Å². The van der Waals surface area contributed by atoms with Gasteiger partial charge in [-0.25, -0.2) is 4.57 Å². The number of carbonyl (C=O) groups excluding carboxylic acids is 1. The number of aromatic nitrogens is 1. The zero-order valence-corrected chi connectivity index (χ0v) is 25.5. The molecule has 216 valence electrons. The van der Waals surface area contributed by atoms with Crippen LogP contribution < -0.4 is 14.6 Å². The molecule has 0 spiro atoms. The minimum atomic E-state index is 0.555. The first-order valence-electron chi connectivity index (χ1n) is 15.1. The quantitative estimate of drug-likeness (QED) is 0.243. The molecule has 1 aromatic heterocycles. The highest BCUT2D eigenvalue weighted by Crippen LogP contribution is 2.36. The molecule has 39 heavy (non-hydrogen) atoms. The highest BCUT2D eigenvalue weighted by atomic mass is 16.5. The SMILES string of the molecule is C=C1CCCC1C.CCC1CC(c2ccc3c(c2)CCO3)CN1CC=O.CCCC.CNc1ccc[n+](C)c1. The van der Waals surface area contributed by atoms with Crippen molar-refractivity contribution in [1.29, 1.82) is 0 Å². The molecule has 1 saturated heterocycles. The van der Waals surface area contributed by atoms with Crippen molar-refractivity contribution < 1.29 is 14.1 Å². The Balaban J connectivity index is 0.000000221. The molecule has 5 nitrogen and oxygen atoms in total. The van der Waals surface area contributed by atoms with Crippen molar-refractivity contribution in [2.24, 2.45) is 13.0 Å². The first-order chi connectivity index (χ1) is 18.9. The van der Waals surface area contributed by atoms with Crippen LogP contribution in [0.5, 0.6) is 5.75 Å². The molecule has 3 unspecified atom stereocenters. The molecular weight excluding hydrogens is 482 g/mol. The van der Waals surface area contributed by atoms with Gasteiger partial charge in [-0.1, -0.05) is 64.8 Å². The lowest BCUT2D eigenvalue weighted by Crippen LogP contribution is -2.30. The molecule has 2 aliphatic heterocycles. The fraction of sp³-hybridized carbons (Fsp3) is 0.588. The van der Waals surface area contributed by atoms with Gasteiger partial charge >= 0.3 is 0 Å². The van der Waals surface area contributed by atoms with Crippen LogP contribution in [0.2, 0.25) is 0 Å². The number of aryl methyl sites for hydroxylation is 1. The lowest BCUT2D eigenvalue weighted by atomic mass is 9.94. The summed E-state index contributed by atoms with van der Waals surface area (Å²) in [6.45, 7) is 15.2. The Morgan fingerprint density at radius 2 is 1.95 bits per heavy atom. The number of rotatable bonds is 6. The second-order valence-electron chi connectivity index (χ2n) is 11.0. The number of unbranched alkanes of at least 4 members (excludes halogenated alkanes) is 1. The van der Waals surface area contributed by atoms with Gasteiger partial charge in [0, 0.05) is 32.1 Å². The van der Waals surface area contributed by atoms with Gasteiger partial charge in [0.05, 0.1) is 18.8 Å². The molecule has 3 atom stereocenters. The summed E-state index contributed by atoms with van der Waals surface area (Å²) in [5.74, 6) is 2.44. The molecule has 0 amide bonds. The van der Waals surface area contributed by atoms with Gasteiger partial charge in [-0.2, -0.15) is 0 Å². The van der Waals surface area contributed by atoms with Crippen LogP contribution >= 0.6 is 0 Å². The summed E-state index contributed by atoms with van der Waals surface area (Å²) in [6.07, 6.45) is 15.1. The van der Waals surface area contributed by atoms with E-state index in [1.165, 1.54) is 55.2 Å². The standard InChI is InChI=1S/C16H21NO2.C7H11N2.C7H12.C4H10/c1-2-15-10-14(11-17(15)6-7-18)12-3-4-16-13(9-12)5-8-19-16;1-8-7-4-3-5-9(2)6-7;1-6-4-3-5-7(6)2;1-3-4-2/h3-4,7,9,14-15H,2,5-6,8,10-11H2,1H3;3-6,8H,1-2H3;7H,1,3-5H2,2H3;3-4H2,1-2H3/q;+1;;. The third-order valence-electron chi connectivity index (χ3n) is 8.05. The summed E-state index contributed by atoms with van der Waals surface area (Å²) in [6, 6.07) is 11.2. The zero-order valence-electron chi connectivity index (χ0n) is 25.5. The molecule has 1 saturated carbocycles. The van der Waals surface area contributed by atoms with Crippen molar-refractivity contribution in [3.63, 3.8) is 0 Å². The van der Waals surface area contributed by atoms with Crippen molar-refractivity contribution in [2.45, 2.75) is 91.0 Å². The number of ether oxygens (including phenoxy) is 1. The van der Waals surface area contributed by atoms with Crippen LogP contribution in [0.15, 0.2) is 54.9 Å². The number of allylic oxidation sites excluding steroid dienone is 1. The van der Waals surface area contributed by atoms with Gasteiger partial charge < -0.3 is 14.8 Å². The second kappa shape index (κ2) is 17.8. The van der Waals surface area contributed by atoms with Gasteiger partial charge in [0.15, 0.2) is 12.4 Å². The van der Waals surface area contributed by atoms with E-state index in [2.05, 4.69) is 62.7 Å². The number of nitrogens with zero attached hydrogens (tertiary/aromatic N) is 2. The maximum atomic E-state index is 10.8. The fourth-order valence-corrected chi connectivity index (χ4v) is 5.25. The van der Waals surface area contributed by atoms with E-state index in [1.54, 1.807) is 0 Å². The summed E-state index contributed by atoms with van der Waals surface area (Å²) in [4.78, 5) is 13.1. The average molecular weight is 537 g/mol. The highest BCUT2D eigenvalue weighted by molar-refractivity contribution is 5.52. The van der Waals surface area contributed by atoms with Crippen molar-refractivity contribution in [1.82, 2.24) is 4.90 Å². The summed E-state index contributed by atoms with van der Waals surface area (Å²) >= 11 is 0. The van der Waals surface area contributed by atoms with E-state index in [1.807, 2.05) is 43.2 Å². The number of likely N-dealkylation sites (tertiary alicyclic amines) is 1. The molecule has 3 aliphatic rings. The smallest absolute Gasteiger partial charge is 0.191 e. The summed E-state index contributed by atoms with van der Waals surface area (Å²) in [5.41, 5.74) is 5.36. The molecule has 3 heterocycles. The molecule has 1 N–H and O–H groups in total. The zero-order chi connectivity index (χ0) is 28.6. The first kappa shape index (κ1) is 32.6. The van der Waals surface area contributed by atoms with Crippen LogP contribution in [0.4, 0.5) is 5.69 Å². The monoisotopic (exact) mass is 536 g/mol. The fourth-order valence-electron chi connectivity index (χ4n) is 5.25. The third-order valence-corrected chi connectivity index (χ3v) is 8.05. The number of carbonyl (C=O) groups is 1. The molecule has 5 rings (SSSR count). The van der Waals surface area contributed by atoms with E-state index >= 15 is 0 Å². The summed E-state index contributed by atoms with van der Waals surface area (Å²) in [7, 11) is 3.91. The van der Waals surface area contributed by atoms with Crippen molar-refractivity contribution >= 4 is 12.0 Å². The molecule has 0 bridgehead atoms. The Hall–Kier alpha value is -2.66. The second-order valence-corrected chi connectivity index (χ2v) is 11.0. The van der Waals surface area contributed by atoms with Gasteiger partial charge in [0.2, 0.25) is 0 Å². The maximum Gasteiger partial charge on any atom is 0.191 e. The van der Waals surface area contributed by atoms with Crippen LogP contribution in [-0.4, -0.2) is 44.0 Å². The van der Waals surface area contributed by atoms with Gasteiger partial charge in [-0.3, -0.25) is 4.90 Å². The normalized spacial score (nSPS) is 21.3. The van der Waals surface area contributed by atoms with Crippen LogP contribution in [0, 0.1) is 5.92 Å². The number of anilines is 1. The number of pyridine rings is 1. The number of benzene rings is 1. The minimum absolute atomic E-state index is 0.555. The van der Waals surface area contributed by atoms with E-state index in [0.29, 0.717) is 18.5 Å². The minimum Gasteiger partial charge on any atom is -0.493 e. The third kappa shape index (κ3) is 10.8. The number of hydrogen-bond acceptors (Lipinski definition) is 4. The van der Waals surface area contributed by atoms with Gasteiger partial charge in [-0.15, -0.1) is 0 Å². The van der Waals surface area contributed by atoms with E-state index in [9.17, 15) is 4.79 Å². The van der Waals surface area contributed by atoms with Crippen molar-refractivity contribution in [3.8, 4) is 5.75 Å². The Kier molecular flexibility index (Phi) is 14.9. The van der Waals surface area contributed by atoms with Gasteiger partial charge in [-0.05, 0) is 67.2 Å². The predicted octanol–water partition coefficient (Wildman–Crippen LogP) is 7.11. The van der Waals surface area contributed by atoms with E-state index in [4.69, 9.17) is 4.74 Å². The van der Waals surface area contributed by atoms with Crippen LogP contribution in [0.25, 0.3) is 0 Å². The summed E-state index contributed by atoms with van der Waals surface area (Å²) < 4.78 is 7.57. The largest absolute Gasteiger partial charge is 0.493 e. The predicted molar refractivity (Wildman–Crippen MR) is 165 cm³/mol. The van der Waals surface area contributed by atoms with E-state index in [0.717, 1.165) is 49.6 Å². The lowest BCUT2D eigenvalue weighted by Gasteiger charge is -2.19. The van der Waals surface area contributed by atoms with Crippen LogP contribution in [0.1, 0.15) is 89.7 Å². The van der Waals surface area contributed by atoms with Gasteiger partial charge in [0.1, 0.15) is 19.1 Å². The number of nitrogens with one attached hydrogen (secondary N) is 1. The Morgan fingerprint density at radius 3 is 2.46 bits per heavy atom. The Bertz CT molecular complexity index is 1000. The maximum absolute atomic E-state index is 10.8. The van der Waals surface area contributed by atoms with Crippen LogP contribution in [0.3, 0.4) is 0 Å². The highest BCUT2D eigenvalue weighted by Gasteiger charge is 2.31. The molecule has 1 aromatic carbocycles. The average Bonchev–Trinajstić information content (AvgIpc) is 3.69. The van der Waals surface area contributed by atoms with Crippen molar-refractivity contribution in [2.75, 3.05) is 32.1 Å². The molecule has 0 radical (unpaired) electrons. The van der Waals surface area contributed by atoms with E-state index in [-0.39, 0.29) is 0 Å².